The van der Waals surface area contributed by atoms with Gasteiger partial charge < -0.3 is 0 Å². The zero-order valence-electron chi connectivity index (χ0n) is 16.5. The summed E-state index contributed by atoms with van der Waals surface area (Å²) in [7, 11) is 0. The summed E-state index contributed by atoms with van der Waals surface area (Å²) in [6.07, 6.45) is 13.7. The third kappa shape index (κ3) is 4.34. The lowest BCUT2D eigenvalue weighted by Gasteiger charge is -2.29. The van der Waals surface area contributed by atoms with Crippen LogP contribution in [0.5, 0.6) is 0 Å². The molecule has 0 aromatic heterocycles. The number of hydrogen-bond donors (Lipinski definition) is 0. The molecule has 27 heavy (non-hydrogen) atoms. The Balaban J connectivity index is 1.39. The monoisotopic (exact) mass is 362 g/mol. The predicted molar refractivity (Wildman–Crippen MR) is 112 cm³/mol. The van der Waals surface area contributed by atoms with Crippen LogP contribution in [0.25, 0.3) is 5.57 Å². The van der Waals surface area contributed by atoms with Crippen molar-refractivity contribution in [2.24, 2.45) is 5.92 Å². The number of unbranched alkanes of at least 4 members (excludes halogenated alkanes) is 1. The van der Waals surface area contributed by atoms with Crippen molar-refractivity contribution in [1.82, 2.24) is 0 Å². The van der Waals surface area contributed by atoms with Crippen LogP contribution in [0.3, 0.4) is 0 Å². The predicted octanol–water partition coefficient (Wildman–Crippen LogP) is 7.47. The highest BCUT2D eigenvalue weighted by Crippen LogP contribution is 2.38. The standard InChI is InChI=1S/C26H31F/c1-2-3-4-19-5-7-20(8-6-19)21-9-11-22(12-10-21)24-14-13-23-15-16-26(27)18-25(23)17-24/h9-12,14-16,18-20H,2-8,13,17H2,1H3. The first kappa shape index (κ1) is 18.5. The lowest BCUT2D eigenvalue weighted by Crippen LogP contribution is -2.13. The summed E-state index contributed by atoms with van der Waals surface area (Å²) in [4.78, 5) is 0. The molecular weight excluding hydrogens is 331 g/mol. The topological polar surface area (TPSA) is 0 Å². The maximum Gasteiger partial charge on any atom is 0.123 e. The van der Waals surface area contributed by atoms with Crippen molar-refractivity contribution in [2.45, 2.75) is 70.6 Å². The first-order valence-electron chi connectivity index (χ1n) is 10.8. The molecule has 1 heteroatoms. The molecule has 1 fully saturated rings. The Kier molecular flexibility index (Phi) is 5.76. The number of benzene rings is 2. The van der Waals surface area contributed by atoms with E-state index in [4.69, 9.17) is 0 Å². The smallest absolute Gasteiger partial charge is 0.123 e. The summed E-state index contributed by atoms with van der Waals surface area (Å²) in [5.41, 5.74) is 6.54. The van der Waals surface area contributed by atoms with Crippen molar-refractivity contribution in [3.8, 4) is 0 Å². The van der Waals surface area contributed by atoms with Gasteiger partial charge in [-0.3, -0.25) is 0 Å². The van der Waals surface area contributed by atoms with Crippen molar-refractivity contribution >= 4 is 5.57 Å². The Morgan fingerprint density at radius 1 is 0.926 bits per heavy atom. The second-order valence-corrected chi connectivity index (χ2v) is 8.51. The van der Waals surface area contributed by atoms with E-state index in [1.807, 2.05) is 6.07 Å². The fraction of sp³-hybridized carbons (Fsp3) is 0.462. The van der Waals surface area contributed by atoms with Crippen LogP contribution in [0.2, 0.25) is 0 Å². The van der Waals surface area contributed by atoms with Gasteiger partial charge >= 0.3 is 0 Å². The van der Waals surface area contributed by atoms with E-state index in [1.54, 1.807) is 12.1 Å². The van der Waals surface area contributed by atoms with Crippen LogP contribution in [-0.4, -0.2) is 0 Å². The first-order chi connectivity index (χ1) is 13.2. The van der Waals surface area contributed by atoms with E-state index in [-0.39, 0.29) is 5.82 Å². The van der Waals surface area contributed by atoms with Crippen LogP contribution in [0.4, 0.5) is 4.39 Å². The van der Waals surface area contributed by atoms with E-state index in [1.165, 1.54) is 67.2 Å². The average Bonchev–Trinajstić information content (AvgIpc) is 2.72. The number of rotatable bonds is 5. The molecule has 2 aliphatic carbocycles. The number of allylic oxidation sites excluding steroid dienone is 2. The van der Waals surface area contributed by atoms with E-state index in [0.29, 0.717) is 0 Å². The third-order valence-electron chi connectivity index (χ3n) is 6.68. The van der Waals surface area contributed by atoms with Gasteiger partial charge in [-0.2, -0.15) is 0 Å². The van der Waals surface area contributed by atoms with Crippen molar-refractivity contribution in [2.75, 3.05) is 0 Å². The number of fused-ring (bicyclic) bond motifs is 1. The van der Waals surface area contributed by atoms with Crippen LogP contribution < -0.4 is 0 Å². The van der Waals surface area contributed by atoms with Gasteiger partial charge in [0.2, 0.25) is 0 Å². The van der Waals surface area contributed by atoms with Crippen molar-refractivity contribution < 1.29 is 4.39 Å². The summed E-state index contributed by atoms with van der Waals surface area (Å²) in [5, 5.41) is 0. The molecule has 1 saturated carbocycles. The van der Waals surface area contributed by atoms with Crippen LogP contribution >= 0.6 is 0 Å². The molecule has 0 unspecified atom stereocenters. The molecule has 0 N–H and O–H groups in total. The van der Waals surface area contributed by atoms with Gasteiger partial charge in [0, 0.05) is 0 Å². The summed E-state index contributed by atoms with van der Waals surface area (Å²) < 4.78 is 13.6. The zero-order chi connectivity index (χ0) is 18.6. The molecular formula is C26H31F. The fourth-order valence-corrected chi connectivity index (χ4v) is 4.94. The van der Waals surface area contributed by atoms with Gasteiger partial charge in [-0.05, 0) is 90.3 Å². The van der Waals surface area contributed by atoms with E-state index >= 15 is 0 Å². The summed E-state index contributed by atoms with van der Waals surface area (Å²) in [6, 6.07) is 14.5. The first-order valence-corrected chi connectivity index (χ1v) is 10.8. The Morgan fingerprint density at radius 3 is 2.44 bits per heavy atom. The molecule has 0 bridgehead atoms. The zero-order valence-corrected chi connectivity index (χ0v) is 16.5. The molecule has 0 radical (unpaired) electrons. The molecule has 0 nitrogen and oxygen atoms in total. The van der Waals surface area contributed by atoms with E-state index in [0.717, 1.165) is 30.2 Å². The molecule has 2 aliphatic rings. The maximum atomic E-state index is 13.6. The lowest BCUT2D eigenvalue weighted by atomic mass is 9.77. The minimum Gasteiger partial charge on any atom is -0.207 e. The second-order valence-electron chi connectivity index (χ2n) is 8.51. The molecule has 0 amide bonds. The summed E-state index contributed by atoms with van der Waals surface area (Å²) in [6.45, 7) is 2.30. The van der Waals surface area contributed by atoms with Gasteiger partial charge in [0.25, 0.3) is 0 Å². The molecule has 4 rings (SSSR count). The number of halogens is 1. The minimum atomic E-state index is -0.125. The summed E-state index contributed by atoms with van der Waals surface area (Å²) >= 11 is 0. The van der Waals surface area contributed by atoms with Gasteiger partial charge in [-0.1, -0.05) is 62.6 Å². The van der Waals surface area contributed by atoms with Gasteiger partial charge in [0.05, 0.1) is 0 Å². The van der Waals surface area contributed by atoms with Crippen molar-refractivity contribution in [3.05, 3.63) is 76.6 Å². The van der Waals surface area contributed by atoms with Crippen molar-refractivity contribution in [3.63, 3.8) is 0 Å². The molecule has 142 valence electrons. The Hall–Kier alpha value is -1.89. The fourth-order valence-electron chi connectivity index (χ4n) is 4.94. The molecule has 0 saturated heterocycles. The lowest BCUT2D eigenvalue weighted by molar-refractivity contribution is 0.304. The van der Waals surface area contributed by atoms with Gasteiger partial charge in [-0.15, -0.1) is 0 Å². The van der Waals surface area contributed by atoms with Gasteiger partial charge in [0.15, 0.2) is 0 Å². The van der Waals surface area contributed by atoms with E-state index in [9.17, 15) is 4.39 Å². The highest BCUT2D eigenvalue weighted by molar-refractivity contribution is 5.70. The van der Waals surface area contributed by atoms with Crippen LogP contribution in [0.15, 0.2) is 48.5 Å². The molecule has 0 spiro atoms. The molecule has 0 aliphatic heterocycles. The summed E-state index contributed by atoms with van der Waals surface area (Å²) in [5.74, 6) is 1.58. The van der Waals surface area contributed by atoms with Crippen molar-refractivity contribution in [1.29, 1.82) is 0 Å². The largest absolute Gasteiger partial charge is 0.207 e. The van der Waals surface area contributed by atoms with Gasteiger partial charge in [-0.25, -0.2) is 4.39 Å². The average molecular weight is 363 g/mol. The Labute approximate surface area is 163 Å². The highest BCUT2D eigenvalue weighted by atomic mass is 19.1. The maximum absolute atomic E-state index is 13.6. The Bertz CT molecular complexity index is 791. The molecule has 2 aromatic carbocycles. The Morgan fingerprint density at radius 2 is 1.70 bits per heavy atom. The molecule has 2 aromatic rings. The van der Waals surface area contributed by atoms with Crippen LogP contribution in [0.1, 0.15) is 80.0 Å². The number of hydrogen-bond acceptors (Lipinski definition) is 0. The van der Waals surface area contributed by atoms with Crippen LogP contribution in [-0.2, 0) is 12.8 Å². The minimum absolute atomic E-state index is 0.125. The van der Waals surface area contributed by atoms with E-state index in [2.05, 4.69) is 37.3 Å². The third-order valence-corrected chi connectivity index (χ3v) is 6.68. The quantitative estimate of drug-likeness (QED) is 0.517. The highest BCUT2D eigenvalue weighted by Gasteiger charge is 2.22. The SMILES string of the molecule is CCCCC1CCC(c2ccc(C3=CCc4ccc(F)cc4C3)cc2)CC1. The van der Waals surface area contributed by atoms with Gasteiger partial charge in [0.1, 0.15) is 5.82 Å². The normalized spacial score (nSPS) is 22.2. The second kappa shape index (κ2) is 8.42. The molecule has 0 atom stereocenters. The van der Waals surface area contributed by atoms with E-state index < -0.39 is 0 Å². The molecule has 0 heterocycles. The van der Waals surface area contributed by atoms with Crippen LogP contribution in [0, 0.1) is 11.7 Å².